The van der Waals surface area contributed by atoms with Crippen LogP contribution in [0.5, 0.6) is 0 Å². The molecule has 7 nitrogen and oxygen atoms in total. The largest absolute Gasteiger partial charge is 0.326 e. The second-order valence-corrected chi connectivity index (χ2v) is 7.85. The smallest absolute Gasteiger partial charge is 0.261 e. The number of rotatable bonds is 5. The summed E-state index contributed by atoms with van der Waals surface area (Å²) < 4.78 is 29.9. The molecule has 1 aromatic heterocycles. The SMILES string of the molecule is CC(=O)Nc1ccc(S(=O)(=O)Nc2ccccc2-n2nc(C)cc2C)cc1. The summed E-state index contributed by atoms with van der Waals surface area (Å²) >= 11 is 0. The summed E-state index contributed by atoms with van der Waals surface area (Å²) in [6.45, 7) is 5.18. The number of aryl methyl sites for hydroxylation is 2. The highest BCUT2D eigenvalue weighted by Crippen LogP contribution is 2.25. The lowest BCUT2D eigenvalue weighted by molar-refractivity contribution is -0.114. The molecule has 140 valence electrons. The topological polar surface area (TPSA) is 93.1 Å². The number of para-hydroxylation sites is 2. The first-order chi connectivity index (χ1) is 12.8. The van der Waals surface area contributed by atoms with Gasteiger partial charge in [-0.1, -0.05) is 12.1 Å². The fourth-order valence-electron chi connectivity index (χ4n) is 2.74. The standard InChI is InChI=1S/C19H20N4O3S/c1-13-12-14(2)23(21-13)19-7-5-4-6-18(19)22-27(25,26)17-10-8-16(9-11-17)20-15(3)24/h4-12,22H,1-3H3,(H,20,24). The lowest BCUT2D eigenvalue weighted by Crippen LogP contribution is -2.15. The first-order valence-corrected chi connectivity index (χ1v) is 9.78. The molecule has 3 rings (SSSR count). The Hall–Kier alpha value is -3.13. The number of aromatic nitrogens is 2. The van der Waals surface area contributed by atoms with E-state index in [9.17, 15) is 13.2 Å². The fraction of sp³-hybridized carbons (Fsp3) is 0.158. The van der Waals surface area contributed by atoms with Crippen LogP contribution in [0.3, 0.4) is 0 Å². The van der Waals surface area contributed by atoms with Gasteiger partial charge in [-0.2, -0.15) is 5.10 Å². The molecule has 0 aliphatic rings. The molecule has 2 N–H and O–H groups in total. The number of hydrogen-bond donors (Lipinski definition) is 2. The average Bonchev–Trinajstić information content (AvgIpc) is 2.93. The van der Waals surface area contributed by atoms with Crippen molar-refractivity contribution in [2.75, 3.05) is 10.0 Å². The van der Waals surface area contributed by atoms with Gasteiger partial charge in [0.15, 0.2) is 0 Å². The van der Waals surface area contributed by atoms with E-state index in [4.69, 9.17) is 0 Å². The van der Waals surface area contributed by atoms with Crippen LogP contribution in [0, 0.1) is 13.8 Å². The third-order valence-corrected chi connectivity index (χ3v) is 5.25. The first kappa shape index (κ1) is 18.7. The number of hydrogen-bond acceptors (Lipinski definition) is 4. The molecule has 0 bridgehead atoms. The molecule has 0 aliphatic heterocycles. The molecule has 0 fully saturated rings. The summed E-state index contributed by atoms with van der Waals surface area (Å²) in [6, 6.07) is 15.0. The monoisotopic (exact) mass is 384 g/mol. The number of benzene rings is 2. The Kier molecular flexibility index (Phi) is 5.00. The number of amides is 1. The lowest BCUT2D eigenvalue weighted by atomic mass is 10.2. The maximum absolute atomic E-state index is 12.8. The molecule has 2 aromatic carbocycles. The summed E-state index contributed by atoms with van der Waals surface area (Å²) in [7, 11) is -3.80. The molecule has 0 saturated carbocycles. The molecular formula is C19H20N4O3S. The highest BCUT2D eigenvalue weighted by molar-refractivity contribution is 7.92. The fourth-order valence-corrected chi connectivity index (χ4v) is 3.82. The summed E-state index contributed by atoms with van der Waals surface area (Å²) in [5.41, 5.74) is 3.35. The molecule has 0 spiro atoms. The van der Waals surface area contributed by atoms with Crippen LogP contribution in [-0.4, -0.2) is 24.1 Å². The molecule has 3 aromatic rings. The van der Waals surface area contributed by atoms with Crippen LogP contribution in [0.4, 0.5) is 11.4 Å². The van der Waals surface area contributed by atoms with Crippen molar-refractivity contribution in [3.8, 4) is 5.69 Å². The van der Waals surface area contributed by atoms with Crippen molar-refractivity contribution in [3.63, 3.8) is 0 Å². The van der Waals surface area contributed by atoms with Crippen LogP contribution < -0.4 is 10.0 Å². The van der Waals surface area contributed by atoms with Crippen molar-refractivity contribution in [1.29, 1.82) is 0 Å². The van der Waals surface area contributed by atoms with Gasteiger partial charge < -0.3 is 5.32 Å². The van der Waals surface area contributed by atoms with Crippen molar-refractivity contribution in [2.24, 2.45) is 0 Å². The van der Waals surface area contributed by atoms with Gasteiger partial charge in [-0.3, -0.25) is 9.52 Å². The lowest BCUT2D eigenvalue weighted by Gasteiger charge is -2.14. The third-order valence-electron chi connectivity index (χ3n) is 3.87. The zero-order valence-electron chi connectivity index (χ0n) is 15.2. The molecule has 0 radical (unpaired) electrons. The van der Waals surface area contributed by atoms with E-state index in [2.05, 4.69) is 15.1 Å². The number of carbonyl (C=O) groups excluding carboxylic acids is 1. The zero-order valence-corrected chi connectivity index (χ0v) is 16.0. The Morgan fingerprint density at radius 3 is 2.30 bits per heavy atom. The van der Waals surface area contributed by atoms with Crippen molar-refractivity contribution < 1.29 is 13.2 Å². The van der Waals surface area contributed by atoms with Crippen LogP contribution in [0.15, 0.2) is 59.5 Å². The van der Waals surface area contributed by atoms with Crippen molar-refractivity contribution >= 4 is 27.3 Å². The maximum Gasteiger partial charge on any atom is 0.261 e. The summed E-state index contributed by atoms with van der Waals surface area (Å²) in [5, 5.41) is 7.03. The maximum atomic E-state index is 12.8. The van der Waals surface area contributed by atoms with Crippen LogP contribution >= 0.6 is 0 Å². The highest BCUT2D eigenvalue weighted by Gasteiger charge is 2.17. The number of nitrogens with one attached hydrogen (secondary N) is 2. The Bertz CT molecular complexity index is 1090. The van der Waals surface area contributed by atoms with E-state index in [1.165, 1.54) is 19.1 Å². The molecule has 8 heteroatoms. The van der Waals surface area contributed by atoms with E-state index < -0.39 is 10.0 Å². The Balaban J connectivity index is 1.93. The molecule has 27 heavy (non-hydrogen) atoms. The van der Waals surface area contributed by atoms with E-state index in [-0.39, 0.29) is 10.8 Å². The molecule has 1 amide bonds. The van der Waals surface area contributed by atoms with E-state index in [0.29, 0.717) is 17.1 Å². The molecular weight excluding hydrogens is 364 g/mol. The van der Waals surface area contributed by atoms with Gasteiger partial charge in [0.05, 0.1) is 22.0 Å². The molecule has 1 heterocycles. The van der Waals surface area contributed by atoms with Crippen molar-refractivity contribution in [1.82, 2.24) is 9.78 Å². The van der Waals surface area contributed by atoms with Crippen molar-refractivity contribution in [3.05, 3.63) is 66.0 Å². The normalized spacial score (nSPS) is 11.2. The van der Waals surface area contributed by atoms with Crippen LogP contribution in [0.1, 0.15) is 18.3 Å². The predicted octanol–water partition coefficient (Wildman–Crippen LogP) is 3.25. The van der Waals surface area contributed by atoms with Crippen LogP contribution in [-0.2, 0) is 14.8 Å². The van der Waals surface area contributed by atoms with Crippen LogP contribution in [0.2, 0.25) is 0 Å². The first-order valence-electron chi connectivity index (χ1n) is 8.29. The van der Waals surface area contributed by atoms with Gasteiger partial charge in [0.2, 0.25) is 5.91 Å². The predicted molar refractivity (Wildman–Crippen MR) is 105 cm³/mol. The van der Waals surface area contributed by atoms with E-state index >= 15 is 0 Å². The average molecular weight is 384 g/mol. The minimum absolute atomic E-state index is 0.0970. The molecule has 0 unspecified atom stereocenters. The quantitative estimate of drug-likeness (QED) is 0.706. The van der Waals surface area contributed by atoms with E-state index in [0.717, 1.165) is 11.4 Å². The zero-order chi connectivity index (χ0) is 19.6. The van der Waals surface area contributed by atoms with Crippen molar-refractivity contribution in [2.45, 2.75) is 25.7 Å². The number of nitrogens with zero attached hydrogens (tertiary/aromatic N) is 2. The second-order valence-electron chi connectivity index (χ2n) is 6.17. The summed E-state index contributed by atoms with van der Waals surface area (Å²) in [6.07, 6.45) is 0. The molecule has 0 saturated heterocycles. The van der Waals surface area contributed by atoms with Crippen LogP contribution in [0.25, 0.3) is 5.69 Å². The van der Waals surface area contributed by atoms with E-state index in [1.807, 2.05) is 26.0 Å². The number of sulfonamides is 1. The molecule has 0 atom stereocenters. The van der Waals surface area contributed by atoms with Gasteiger partial charge in [0, 0.05) is 18.3 Å². The Morgan fingerprint density at radius 1 is 1.04 bits per heavy atom. The second kappa shape index (κ2) is 7.24. The van der Waals surface area contributed by atoms with Gasteiger partial charge in [-0.05, 0) is 56.3 Å². The van der Waals surface area contributed by atoms with Gasteiger partial charge in [-0.15, -0.1) is 0 Å². The van der Waals surface area contributed by atoms with Gasteiger partial charge in [-0.25, -0.2) is 13.1 Å². The summed E-state index contributed by atoms with van der Waals surface area (Å²) in [5.74, 6) is -0.220. The highest BCUT2D eigenvalue weighted by atomic mass is 32.2. The van der Waals surface area contributed by atoms with Gasteiger partial charge in [0.25, 0.3) is 10.0 Å². The number of carbonyl (C=O) groups is 1. The molecule has 0 aliphatic carbocycles. The van der Waals surface area contributed by atoms with Gasteiger partial charge >= 0.3 is 0 Å². The third kappa shape index (κ3) is 4.17. The van der Waals surface area contributed by atoms with Gasteiger partial charge in [0.1, 0.15) is 0 Å². The summed E-state index contributed by atoms with van der Waals surface area (Å²) in [4.78, 5) is 11.2. The number of anilines is 2. The minimum atomic E-state index is -3.80. The van der Waals surface area contributed by atoms with E-state index in [1.54, 1.807) is 35.0 Å². The Morgan fingerprint density at radius 2 is 1.70 bits per heavy atom. The Labute approximate surface area is 158 Å². The minimum Gasteiger partial charge on any atom is -0.326 e.